The second-order valence-electron chi connectivity index (χ2n) is 8.48. The van der Waals surface area contributed by atoms with E-state index in [9.17, 15) is 9.90 Å². The van der Waals surface area contributed by atoms with E-state index in [0.29, 0.717) is 23.7 Å². The highest BCUT2D eigenvalue weighted by Gasteiger charge is 2.55. The molecule has 0 spiro atoms. The summed E-state index contributed by atoms with van der Waals surface area (Å²) in [5.41, 5.74) is 0.974. The molecule has 130 valence electrons. The van der Waals surface area contributed by atoms with Crippen molar-refractivity contribution in [1.29, 1.82) is 0 Å². The van der Waals surface area contributed by atoms with E-state index in [1.54, 1.807) is 0 Å². The zero-order valence-electron chi connectivity index (χ0n) is 15.7. The van der Waals surface area contributed by atoms with Gasteiger partial charge in [-0.25, -0.2) is 0 Å². The van der Waals surface area contributed by atoms with Crippen molar-refractivity contribution in [2.45, 2.75) is 60.8 Å². The van der Waals surface area contributed by atoms with Gasteiger partial charge in [-0.2, -0.15) is 0 Å². The minimum atomic E-state index is -0.405. The highest BCUT2D eigenvalue weighted by Crippen LogP contribution is 2.58. The number of rotatable bonds is 4. The van der Waals surface area contributed by atoms with Gasteiger partial charge in [0.1, 0.15) is 0 Å². The summed E-state index contributed by atoms with van der Waals surface area (Å²) in [5.74, 6) is 2.99. The molecule has 7 atom stereocenters. The van der Waals surface area contributed by atoms with Crippen molar-refractivity contribution >= 4 is 5.78 Å². The van der Waals surface area contributed by atoms with Crippen LogP contribution < -0.4 is 0 Å². The van der Waals surface area contributed by atoms with E-state index < -0.39 is 5.41 Å². The number of hydrogen-bond donors (Lipinski definition) is 1. The van der Waals surface area contributed by atoms with Crippen LogP contribution in [0.15, 0.2) is 24.0 Å². The van der Waals surface area contributed by atoms with Crippen molar-refractivity contribution in [1.82, 2.24) is 0 Å². The molecule has 0 aromatic rings. The first-order valence-corrected chi connectivity index (χ1v) is 9.30. The fraction of sp³-hybridized carbons (Fsp3) is 0.762. The summed E-state index contributed by atoms with van der Waals surface area (Å²) in [4.78, 5) is 13.1. The van der Waals surface area contributed by atoms with Crippen LogP contribution in [0.3, 0.4) is 0 Å². The largest absolute Gasteiger partial charge is 0.515 e. The average molecular weight is 319 g/mol. The van der Waals surface area contributed by atoms with Crippen LogP contribution >= 0.6 is 0 Å². The first-order chi connectivity index (χ1) is 10.8. The molecule has 1 unspecified atom stereocenters. The van der Waals surface area contributed by atoms with E-state index in [1.165, 1.54) is 24.5 Å². The molecule has 0 aliphatic heterocycles. The Bertz CT molecular complexity index is 504. The summed E-state index contributed by atoms with van der Waals surface area (Å²) in [6, 6.07) is 0. The van der Waals surface area contributed by atoms with E-state index in [2.05, 4.69) is 47.6 Å². The zero-order chi connectivity index (χ0) is 17.4. The van der Waals surface area contributed by atoms with Gasteiger partial charge in [-0.15, -0.1) is 0 Å². The maximum atomic E-state index is 13.1. The minimum absolute atomic E-state index is 0.106. The number of carbonyl (C=O) groups is 1. The Kier molecular flexibility index (Phi) is 5.43. The van der Waals surface area contributed by atoms with E-state index >= 15 is 0 Å². The molecule has 0 bridgehead atoms. The molecule has 1 fully saturated rings. The highest BCUT2D eigenvalue weighted by atomic mass is 16.2. The number of carbonyl (C=O) groups excluding carboxylic acids is 1. The number of ketones is 1. The number of allylic oxidation sites excluding steroid dienone is 3. The van der Waals surface area contributed by atoms with Gasteiger partial charge in [0.15, 0.2) is 5.78 Å². The molecule has 2 rings (SSSR count). The van der Waals surface area contributed by atoms with Crippen molar-refractivity contribution in [2.24, 2.45) is 40.9 Å². The van der Waals surface area contributed by atoms with Gasteiger partial charge >= 0.3 is 0 Å². The molecule has 2 heteroatoms. The maximum Gasteiger partial charge on any atom is 0.165 e. The normalized spacial score (nSPS) is 42.2. The molecule has 0 radical (unpaired) electrons. The first-order valence-electron chi connectivity index (χ1n) is 9.30. The lowest BCUT2D eigenvalue weighted by Crippen LogP contribution is -2.53. The lowest BCUT2D eigenvalue weighted by atomic mass is 9.47. The molecule has 0 aromatic carbocycles. The highest BCUT2D eigenvalue weighted by molar-refractivity contribution is 5.95. The molecular weight excluding hydrogens is 284 g/mol. The van der Waals surface area contributed by atoms with Gasteiger partial charge in [0, 0.05) is 11.5 Å². The fourth-order valence-electron chi connectivity index (χ4n) is 6.08. The van der Waals surface area contributed by atoms with Gasteiger partial charge in [0.25, 0.3) is 0 Å². The molecule has 0 saturated heterocycles. The average Bonchev–Trinajstić information content (AvgIpc) is 2.45. The van der Waals surface area contributed by atoms with Gasteiger partial charge in [0.2, 0.25) is 0 Å². The molecule has 0 amide bonds. The van der Waals surface area contributed by atoms with Crippen LogP contribution in [0.25, 0.3) is 0 Å². The van der Waals surface area contributed by atoms with Crippen molar-refractivity contribution in [3.63, 3.8) is 0 Å². The molecule has 1 saturated carbocycles. The molecule has 2 aliphatic carbocycles. The summed E-state index contributed by atoms with van der Waals surface area (Å²) < 4.78 is 0. The number of hydrogen-bond acceptors (Lipinski definition) is 2. The molecule has 2 aliphatic rings. The summed E-state index contributed by atoms with van der Waals surface area (Å²) in [5, 5.41) is 9.22. The number of aliphatic hydroxyl groups excluding tert-OH is 1. The monoisotopic (exact) mass is 318 g/mol. The van der Waals surface area contributed by atoms with Crippen LogP contribution in [0.2, 0.25) is 0 Å². The summed E-state index contributed by atoms with van der Waals surface area (Å²) in [6.45, 7) is 13.5. The molecule has 0 aromatic heterocycles. The SMILES string of the molecule is CCC(C)[C@H]1C(C)=C[C@H]2C[C@@H](C)C[C@@H](C)[C@@H]2[C@@]1(C)C(=O)/C=C\O. The predicted molar refractivity (Wildman–Crippen MR) is 96.1 cm³/mol. The Morgan fingerprint density at radius 3 is 2.65 bits per heavy atom. The third-order valence-corrected chi connectivity index (χ3v) is 6.80. The van der Waals surface area contributed by atoms with Crippen molar-refractivity contribution in [2.75, 3.05) is 0 Å². The Hall–Kier alpha value is -1.05. The summed E-state index contributed by atoms with van der Waals surface area (Å²) >= 11 is 0. The van der Waals surface area contributed by atoms with Crippen molar-refractivity contribution in [3.8, 4) is 0 Å². The quantitative estimate of drug-likeness (QED) is 0.419. The molecular formula is C21H34O2. The number of aliphatic hydroxyl groups is 1. The van der Waals surface area contributed by atoms with E-state index in [1.807, 2.05) is 0 Å². The van der Waals surface area contributed by atoms with E-state index in [0.717, 1.165) is 18.6 Å². The Balaban J connectivity index is 2.58. The van der Waals surface area contributed by atoms with Gasteiger partial charge in [-0.05, 0) is 55.3 Å². The van der Waals surface area contributed by atoms with Crippen LogP contribution in [0.5, 0.6) is 0 Å². The lowest BCUT2D eigenvalue weighted by molar-refractivity contribution is -0.137. The summed E-state index contributed by atoms with van der Waals surface area (Å²) in [6.07, 6.45) is 8.27. The third kappa shape index (κ3) is 3.02. The van der Waals surface area contributed by atoms with Crippen LogP contribution in [0, 0.1) is 40.9 Å². The summed E-state index contributed by atoms with van der Waals surface area (Å²) in [7, 11) is 0. The second-order valence-corrected chi connectivity index (χ2v) is 8.48. The van der Waals surface area contributed by atoms with Crippen LogP contribution in [0.1, 0.15) is 60.8 Å². The predicted octanol–water partition coefficient (Wildman–Crippen LogP) is 5.55. The van der Waals surface area contributed by atoms with Crippen LogP contribution in [-0.4, -0.2) is 10.9 Å². The van der Waals surface area contributed by atoms with Gasteiger partial charge in [-0.1, -0.05) is 52.7 Å². The smallest absolute Gasteiger partial charge is 0.165 e. The molecule has 1 N–H and O–H groups in total. The van der Waals surface area contributed by atoms with Gasteiger partial charge in [0.05, 0.1) is 6.26 Å². The van der Waals surface area contributed by atoms with Gasteiger partial charge < -0.3 is 5.11 Å². The standard InChI is InChI=1S/C21H34O2/c1-7-14(3)19-16(5)12-17-11-13(2)10-15(4)20(17)21(19,6)18(23)8-9-22/h8-9,12-15,17,19-20,22H,7,10-11H2,1-6H3/b9-8-/t13-,14?,15+,17+,19-,20-,21-/m0/s1. The Labute approximate surface area is 142 Å². The minimum Gasteiger partial charge on any atom is -0.515 e. The topological polar surface area (TPSA) is 37.3 Å². The molecule has 23 heavy (non-hydrogen) atoms. The first kappa shape index (κ1) is 18.3. The zero-order valence-corrected chi connectivity index (χ0v) is 15.7. The Morgan fingerprint density at radius 2 is 2.09 bits per heavy atom. The third-order valence-electron chi connectivity index (χ3n) is 6.80. The molecule has 0 heterocycles. The maximum absolute atomic E-state index is 13.1. The van der Waals surface area contributed by atoms with E-state index in [-0.39, 0.29) is 11.7 Å². The number of fused-ring (bicyclic) bond motifs is 1. The van der Waals surface area contributed by atoms with Crippen molar-refractivity contribution < 1.29 is 9.90 Å². The fourth-order valence-corrected chi connectivity index (χ4v) is 6.08. The van der Waals surface area contributed by atoms with Crippen molar-refractivity contribution in [3.05, 3.63) is 24.0 Å². The molecule has 2 nitrogen and oxygen atoms in total. The van der Waals surface area contributed by atoms with Crippen LogP contribution in [0.4, 0.5) is 0 Å². The lowest BCUT2D eigenvalue weighted by Gasteiger charge is -2.55. The Morgan fingerprint density at radius 1 is 1.43 bits per heavy atom. The van der Waals surface area contributed by atoms with Gasteiger partial charge in [-0.3, -0.25) is 4.79 Å². The van der Waals surface area contributed by atoms with E-state index in [4.69, 9.17) is 0 Å². The van der Waals surface area contributed by atoms with Crippen LogP contribution in [-0.2, 0) is 4.79 Å². The second kappa shape index (κ2) is 6.83.